The summed E-state index contributed by atoms with van der Waals surface area (Å²) in [5.41, 5.74) is 3.98. The maximum absolute atomic E-state index is 12.9. The first-order valence-corrected chi connectivity index (χ1v) is 9.78. The van der Waals surface area contributed by atoms with Crippen molar-refractivity contribution in [2.45, 2.75) is 32.9 Å². The Hall–Kier alpha value is -3.08. The molecule has 0 spiro atoms. The van der Waals surface area contributed by atoms with Gasteiger partial charge in [0, 0.05) is 35.8 Å². The molecule has 0 saturated heterocycles. The summed E-state index contributed by atoms with van der Waals surface area (Å²) in [6.07, 6.45) is 2.74. The number of H-pyrrole nitrogens is 1. The number of aromatic nitrogens is 1. The van der Waals surface area contributed by atoms with E-state index < -0.39 is 6.04 Å². The summed E-state index contributed by atoms with van der Waals surface area (Å²) < 4.78 is 0. The third kappa shape index (κ3) is 3.28. The summed E-state index contributed by atoms with van der Waals surface area (Å²) in [4.78, 5) is 30.7. The van der Waals surface area contributed by atoms with E-state index in [4.69, 9.17) is 0 Å². The summed E-state index contributed by atoms with van der Waals surface area (Å²) in [5.74, 6) is -0.108. The van der Waals surface area contributed by atoms with Crippen LogP contribution < -0.4 is 5.32 Å². The molecule has 0 unspecified atom stereocenters. The van der Waals surface area contributed by atoms with Crippen LogP contribution in [-0.4, -0.2) is 34.3 Å². The molecule has 144 valence electrons. The first kappa shape index (κ1) is 18.3. The standard InChI is InChI=1S/C23H25N3O2/c1-15(2)21(26-14-17-7-3-4-9-19(17)23(26)28)22(27)24-12-11-16-13-25-20-10-6-5-8-18(16)20/h3-10,13,15,21,25H,11-12,14H2,1-2H3,(H,24,27)/t21-/m1/s1. The summed E-state index contributed by atoms with van der Waals surface area (Å²) in [7, 11) is 0. The Morgan fingerprint density at radius 1 is 1.14 bits per heavy atom. The average Bonchev–Trinajstić information content (AvgIpc) is 3.24. The van der Waals surface area contributed by atoms with Crippen LogP contribution in [0.2, 0.25) is 0 Å². The monoisotopic (exact) mass is 375 g/mol. The van der Waals surface area contributed by atoms with Crippen molar-refractivity contribution in [2.24, 2.45) is 5.92 Å². The molecule has 3 aromatic rings. The van der Waals surface area contributed by atoms with Crippen molar-refractivity contribution in [1.29, 1.82) is 0 Å². The second-order valence-electron chi connectivity index (χ2n) is 7.68. The second-order valence-corrected chi connectivity index (χ2v) is 7.68. The van der Waals surface area contributed by atoms with E-state index in [1.54, 1.807) is 4.90 Å². The van der Waals surface area contributed by atoms with Crippen molar-refractivity contribution < 1.29 is 9.59 Å². The quantitative estimate of drug-likeness (QED) is 0.692. The van der Waals surface area contributed by atoms with Crippen molar-refractivity contribution in [3.8, 4) is 0 Å². The van der Waals surface area contributed by atoms with Gasteiger partial charge in [-0.3, -0.25) is 9.59 Å². The third-order valence-electron chi connectivity index (χ3n) is 5.45. The average molecular weight is 375 g/mol. The molecule has 1 atom stereocenters. The smallest absolute Gasteiger partial charge is 0.255 e. The molecule has 1 aliphatic rings. The highest BCUT2D eigenvalue weighted by Gasteiger charge is 2.37. The number of nitrogens with zero attached hydrogens (tertiary/aromatic N) is 1. The highest BCUT2D eigenvalue weighted by molar-refractivity contribution is 6.01. The topological polar surface area (TPSA) is 65.2 Å². The molecular weight excluding hydrogens is 350 g/mol. The van der Waals surface area contributed by atoms with E-state index in [0.717, 1.165) is 17.5 Å². The van der Waals surface area contributed by atoms with Crippen LogP contribution in [0.25, 0.3) is 10.9 Å². The van der Waals surface area contributed by atoms with Crippen molar-refractivity contribution in [3.05, 3.63) is 71.4 Å². The van der Waals surface area contributed by atoms with Crippen LogP contribution in [-0.2, 0) is 17.8 Å². The number of nitrogens with one attached hydrogen (secondary N) is 2. The second kappa shape index (κ2) is 7.50. The molecule has 4 rings (SSSR count). The van der Waals surface area contributed by atoms with Gasteiger partial charge in [-0.15, -0.1) is 0 Å². The molecule has 0 saturated carbocycles. The lowest BCUT2D eigenvalue weighted by molar-refractivity contribution is -0.127. The fraction of sp³-hybridized carbons (Fsp3) is 0.304. The van der Waals surface area contributed by atoms with Gasteiger partial charge in [0.1, 0.15) is 6.04 Å². The predicted molar refractivity (Wildman–Crippen MR) is 110 cm³/mol. The highest BCUT2D eigenvalue weighted by Crippen LogP contribution is 2.27. The Kier molecular flexibility index (Phi) is 4.90. The van der Waals surface area contributed by atoms with Gasteiger partial charge in [-0.2, -0.15) is 0 Å². The van der Waals surface area contributed by atoms with E-state index in [1.165, 1.54) is 10.9 Å². The molecule has 0 radical (unpaired) electrons. The minimum absolute atomic E-state index is 0.0337. The zero-order valence-electron chi connectivity index (χ0n) is 16.2. The fourth-order valence-corrected chi connectivity index (χ4v) is 4.07. The summed E-state index contributed by atoms with van der Waals surface area (Å²) in [5, 5.41) is 4.23. The molecular formula is C23H25N3O2. The number of benzene rings is 2. The maximum Gasteiger partial charge on any atom is 0.255 e. The van der Waals surface area contributed by atoms with E-state index in [2.05, 4.69) is 16.4 Å². The lowest BCUT2D eigenvalue weighted by Crippen LogP contribution is -2.50. The highest BCUT2D eigenvalue weighted by atomic mass is 16.2. The summed E-state index contributed by atoms with van der Waals surface area (Å²) >= 11 is 0. The van der Waals surface area contributed by atoms with E-state index in [1.807, 2.05) is 62.5 Å². The number of rotatable bonds is 6. The van der Waals surface area contributed by atoms with Gasteiger partial charge in [0.25, 0.3) is 5.91 Å². The number of aromatic amines is 1. The minimum Gasteiger partial charge on any atom is -0.361 e. The van der Waals surface area contributed by atoms with Gasteiger partial charge in [0.15, 0.2) is 0 Å². The Labute approximate surface area is 164 Å². The van der Waals surface area contributed by atoms with Gasteiger partial charge < -0.3 is 15.2 Å². The number of carbonyl (C=O) groups is 2. The van der Waals surface area contributed by atoms with Crippen molar-refractivity contribution in [2.75, 3.05) is 6.54 Å². The lowest BCUT2D eigenvalue weighted by Gasteiger charge is -2.30. The number of fused-ring (bicyclic) bond motifs is 2. The summed E-state index contributed by atoms with van der Waals surface area (Å²) in [6, 6.07) is 15.3. The maximum atomic E-state index is 12.9. The Morgan fingerprint density at radius 2 is 1.89 bits per heavy atom. The molecule has 2 amide bonds. The Bertz CT molecular complexity index is 1020. The lowest BCUT2D eigenvalue weighted by atomic mass is 10.0. The predicted octanol–water partition coefficient (Wildman–Crippen LogP) is 3.51. The first-order chi connectivity index (χ1) is 13.6. The number of para-hydroxylation sites is 1. The molecule has 28 heavy (non-hydrogen) atoms. The zero-order chi connectivity index (χ0) is 19.7. The molecule has 2 heterocycles. The van der Waals surface area contributed by atoms with Crippen molar-refractivity contribution in [3.63, 3.8) is 0 Å². The molecule has 2 N–H and O–H groups in total. The largest absolute Gasteiger partial charge is 0.361 e. The number of hydrogen-bond acceptors (Lipinski definition) is 2. The molecule has 0 aliphatic carbocycles. The molecule has 2 aromatic carbocycles. The van der Waals surface area contributed by atoms with Crippen LogP contribution in [0.4, 0.5) is 0 Å². The van der Waals surface area contributed by atoms with Gasteiger partial charge in [0.05, 0.1) is 0 Å². The minimum atomic E-state index is -0.470. The molecule has 1 aliphatic heterocycles. The third-order valence-corrected chi connectivity index (χ3v) is 5.45. The molecule has 5 nitrogen and oxygen atoms in total. The van der Waals surface area contributed by atoms with E-state index in [9.17, 15) is 9.59 Å². The normalized spacial score (nSPS) is 14.5. The summed E-state index contributed by atoms with van der Waals surface area (Å²) in [6.45, 7) is 5.01. The van der Waals surface area contributed by atoms with Crippen LogP contribution in [0.15, 0.2) is 54.7 Å². The number of amides is 2. The van der Waals surface area contributed by atoms with E-state index in [0.29, 0.717) is 18.7 Å². The van der Waals surface area contributed by atoms with Gasteiger partial charge in [-0.1, -0.05) is 50.2 Å². The number of carbonyl (C=O) groups excluding carboxylic acids is 2. The van der Waals surface area contributed by atoms with Crippen LogP contribution in [0.3, 0.4) is 0 Å². The molecule has 0 fully saturated rings. The molecule has 5 heteroatoms. The fourth-order valence-electron chi connectivity index (χ4n) is 4.07. The molecule has 1 aromatic heterocycles. The van der Waals surface area contributed by atoms with Gasteiger partial charge in [-0.05, 0) is 35.6 Å². The van der Waals surface area contributed by atoms with Crippen LogP contribution >= 0.6 is 0 Å². The van der Waals surface area contributed by atoms with Gasteiger partial charge in [0.2, 0.25) is 5.91 Å². The first-order valence-electron chi connectivity index (χ1n) is 9.78. The van der Waals surface area contributed by atoms with Crippen LogP contribution in [0.1, 0.15) is 35.3 Å². The van der Waals surface area contributed by atoms with Gasteiger partial charge in [-0.25, -0.2) is 0 Å². The SMILES string of the molecule is CC(C)[C@H](C(=O)NCCc1c[nH]c2ccccc12)N1Cc2ccccc2C1=O. The Morgan fingerprint density at radius 3 is 2.68 bits per heavy atom. The zero-order valence-corrected chi connectivity index (χ0v) is 16.2. The van der Waals surface area contributed by atoms with Crippen LogP contribution in [0, 0.1) is 5.92 Å². The molecule has 0 bridgehead atoms. The Balaban J connectivity index is 1.43. The van der Waals surface area contributed by atoms with E-state index in [-0.39, 0.29) is 17.7 Å². The van der Waals surface area contributed by atoms with Gasteiger partial charge >= 0.3 is 0 Å². The van der Waals surface area contributed by atoms with Crippen molar-refractivity contribution >= 4 is 22.7 Å². The number of hydrogen-bond donors (Lipinski definition) is 2. The van der Waals surface area contributed by atoms with Crippen molar-refractivity contribution in [1.82, 2.24) is 15.2 Å². The van der Waals surface area contributed by atoms with E-state index >= 15 is 0 Å². The van der Waals surface area contributed by atoms with Crippen LogP contribution in [0.5, 0.6) is 0 Å².